The Morgan fingerprint density at radius 1 is 1.32 bits per heavy atom. The van der Waals surface area contributed by atoms with E-state index in [2.05, 4.69) is 4.90 Å². The Labute approximate surface area is 114 Å². The zero-order chi connectivity index (χ0) is 13.9. The number of hydrogen-bond acceptors (Lipinski definition) is 3. The summed E-state index contributed by atoms with van der Waals surface area (Å²) in [5, 5.41) is 9.89. The zero-order valence-electron chi connectivity index (χ0n) is 11.5. The van der Waals surface area contributed by atoms with Gasteiger partial charge in [0.25, 0.3) is 0 Å². The molecule has 1 aliphatic heterocycles. The molecule has 1 aliphatic rings. The van der Waals surface area contributed by atoms with Crippen LogP contribution in [0.5, 0.6) is 0 Å². The lowest BCUT2D eigenvalue weighted by Gasteiger charge is -2.36. The number of benzene rings is 1. The van der Waals surface area contributed by atoms with Gasteiger partial charge in [-0.3, -0.25) is 0 Å². The van der Waals surface area contributed by atoms with E-state index in [0.717, 1.165) is 44.5 Å². The lowest BCUT2D eigenvalue weighted by atomic mass is 9.93. The summed E-state index contributed by atoms with van der Waals surface area (Å²) in [7, 11) is 0. The molecule has 0 aromatic heterocycles. The highest BCUT2D eigenvalue weighted by atomic mass is 19.1. The number of aliphatic hydroxyl groups is 1. The Bertz CT molecular complexity index is 395. The van der Waals surface area contributed by atoms with Crippen molar-refractivity contribution in [2.24, 2.45) is 5.73 Å². The number of rotatable bonds is 4. The molecule has 4 heteroatoms. The molecule has 19 heavy (non-hydrogen) atoms. The third-order valence-corrected chi connectivity index (χ3v) is 3.99. The minimum Gasteiger partial charge on any atom is -0.390 e. The average Bonchev–Trinajstić information content (AvgIpc) is 2.38. The van der Waals surface area contributed by atoms with Gasteiger partial charge in [0, 0.05) is 19.1 Å². The van der Waals surface area contributed by atoms with Gasteiger partial charge in [-0.2, -0.15) is 0 Å². The van der Waals surface area contributed by atoms with Gasteiger partial charge in [0.05, 0.1) is 5.60 Å². The highest BCUT2D eigenvalue weighted by Crippen LogP contribution is 2.22. The van der Waals surface area contributed by atoms with Crippen LogP contribution in [0.4, 0.5) is 4.39 Å². The van der Waals surface area contributed by atoms with E-state index < -0.39 is 5.60 Å². The van der Waals surface area contributed by atoms with Gasteiger partial charge >= 0.3 is 0 Å². The summed E-state index contributed by atoms with van der Waals surface area (Å²) in [4.78, 5) is 2.33. The van der Waals surface area contributed by atoms with Crippen LogP contribution >= 0.6 is 0 Å². The van der Waals surface area contributed by atoms with Crippen molar-refractivity contribution in [3.8, 4) is 0 Å². The largest absolute Gasteiger partial charge is 0.390 e. The fraction of sp³-hybridized carbons (Fsp3) is 0.600. The molecule has 2 rings (SSSR count). The number of halogens is 1. The van der Waals surface area contributed by atoms with Gasteiger partial charge in [-0.1, -0.05) is 12.1 Å². The molecule has 0 bridgehead atoms. The molecule has 1 unspecified atom stereocenters. The summed E-state index contributed by atoms with van der Waals surface area (Å²) >= 11 is 0. The molecule has 1 aromatic carbocycles. The highest BCUT2D eigenvalue weighted by molar-refractivity contribution is 5.19. The average molecular weight is 266 g/mol. The zero-order valence-corrected chi connectivity index (χ0v) is 11.5. The van der Waals surface area contributed by atoms with Gasteiger partial charge < -0.3 is 15.7 Å². The third kappa shape index (κ3) is 4.27. The maximum absolute atomic E-state index is 12.8. The molecule has 0 saturated carbocycles. The van der Waals surface area contributed by atoms with Crippen LogP contribution in [0, 0.1) is 5.82 Å². The molecule has 0 radical (unpaired) electrons. The quantitative estimate of drug-likeness (QED) is 0.877. The number of likely N-dealkylation sites (tertiary alicyclic amines) is 1. The van der Waals surface area contributed by atoms with Gasteiger partial charge in [-0.25, -0.2) is 4.39 Å². The van der Waals surface area contributed by atoms with Crippen molar-refractivity contribution in [3.05, 3.63) is 35.6 Å². The first-order valence-corrected chi connectivity index (χ1v) is 6.92. The van der Waals surface area contributed by atoms with Gasteiger partial charge in [-0.15, -0.1) is 0 Å². The molecule has 1 fully saturated rings. The van der Waals surface area contributed by atoms with Crippen molar-refractivity contribution >= 4 is 0 Å². The van der Waals surface area contributed by atoms with Crippen LogP contribution in [-0.2, 0) is 0 Å². The minimum atomic E-state index is -0.504. The van der Waals surface area contributed by atoms with E-state index in [1.54, 1.807) is 12.1 Å². The summed E-state index contributed by atoms with van der Waals surface area (Å²) in [5.74, 6) is -0.228. The molecule has 0 spiro atoms. The predicted octanol–water partition coefficient (Wildman–Crippen LogP) is 2.06. The van der Waals surface area contributed by atoms with Crippen molar-refractivity contribution in [1.29, 1.82) is 0 Å². The molecule has 106 valence electrons. The lowest BCUT2D eigenvalue weighted by Crippen LogP contribution is -2.43. The lowest BCUT2D eigenvalue weighted by molar-refractivity contribution is -0.00576. The van der Waals surface area contributed by atoms with E-state index in [1.165, 1.54) is 12.1 Å². The Balaban J connectivity index is 1.78. The van der Waals surface area contributed by atoms with Crippen molar-refractivity contribution in [3.63, 3.8) is 0 Å². The van der Waals surface area contributed by atoms with Crippen LogP contribution in [0.3, 0.4) is 0 Å². The third-order valence-electron chi connectivity index (χ3n) is 3.99. The number of nitrogens with zero attached hydrogens (tertiary/aromatic N) is 1. The predicted molar refractivity (Wildman–Crippen MR) is 74.2 cm³/mol. The first-order valence-electron chi connectivity index (χ1n) is 6.92. The van der Waals surface area contributed by atoms with E-state index in [0.29, 0.717) is 0 Å². The number of piperidine rings is 1. The highest BCUT2D eigenvalue weighted by Gasteiger charge is 2.27. The molecule has 3 N–H and O–H groups in total. The first kappa shape index (κ1) is 14.4. The summed E-state index contributed by atoms with van der Waals surface area (Å²) in [5.41, 5.74) is 6.59. The molecule has 1 saturated heterocycles. The van der Waals surface area contributed by atoms with Crippen LogP contribution in [-0.4, -0.2) is 35.2 Å². The summed E-state index contributed by atoms with van der Waals surface area (Å²) in [6, 6.07) is 6.35. The van der Waals surface area contributed by atoms with Crippen molar-refractivity contribution in [2.45, 2.75) is 37.8 Å². The van der Waals surface area contributed by atoms with Gasteiger partial charge in [0.2, 0.25) is 0 Å². The normalized spacial score (nSPS) is 21.3. The Morgan fingerprint density at radius 3 is 2.47 bits per heavy atom. The molecule has 0 amide bonds. The molecule has 0 aliphatic carbocycles. The minimum absolute atomic E-state index is 0.0527. The van der Waals surface area contributed by atoms with E-state index in [1.807, 2.05) is 6.92 Å². The van der Waals surface area contributed by atoms with Gasteiger partial charge in [-0.05, 0) is 50.4 Å². The van der Waals surface area contributed by atoms with Gasteiger partial charge in [0.1, 0.15) is 5.82 Å². The van der Waals surface area contributed by atoms with Crippen molar-refractivity contribution in [2.75, 3.05) is 19.6 Å². The molecule has 3 nitrogen and oxygen atoms in total. The number of hydrogen-bond donors (Lipinski definition) is 2. The number of nitrogens with two attached hydrogens (primary N) is 1. The van der Waals surface area contributed by atoms with Crippen molar-refractivity contribution in [1.82, 2.24) is 4.90 Å². The van der Waals surface area contributed by atoms with Crippen LogP contribution in [0.15, 0.2) is 24.3 Å². The van der Waals surface area contributed by atoms with Crippen LogP contribution in [0.25, 0.3) is 0 Å². The second-order valence-corrected chi connectivity index (χ2v) is 5.79. The monoisotopic (exact) mass is 266 g/mol. The topological polar surface area (TPSA) is 49.5 Å². The first-order chi connectivity index (χ1) is 8.96. The summed E-state index contributed by atoms with van der Waals surface area (Å²) in [6.07, 6.45) is 2.49. The molecular formula is C15H23FN2O. The summed E-state index contributed by atoms with van der Waals surface area (Å²) < 4.78 is 12.8. The maximum atomic E-state index is 12.8. The van der Waals surface area contributed by atoms with Crippen LogP contribution in [0.1, 0.15) is 37.8 Å². The van der Waals surface area contributed by atoms with E-state index >= 15 is 0 Å². The standard InChI is InChI=1S/C15H23FN2O/c1-15(19)7-10-18(11-8-15)9-6-14(17)12-2-4-13(16)5-3-12/h2-5,14,19H,6-11,17H2,1H3. The fourth-order valence-corrected chi connectivity index (χ4v) is 2.46. The molecule has 1 aromatic rings. The SMILES string of the molecule is CC1(O)CCN(CCC(N)c2ccc(F)cc2)CC1. The Hall–Kier alpha value is -0.970. The molecule has 1 atom stereocenters. The smallest absolute Gasteiger partial charge is 0.123 e. The second-order valence-electron chi connectivity index (χ2n) is 5.79. The van der Waals surface area contributed by atoms with E-state index in [9.17, 15) is 9.50 Å². The van der Waals surface area contributed by atoms with Crippen molar-refractivity contribution < 1.29 is 9.50 Å². The van der Waals surface area contributed by atoms with E-state index in [4.69, 9.17) is 5.73 Å². The Morgan fingerprint density at radius 2 is 1.89 bits per heavy atom. The van der Waals surface area contributed by atoms with E-state index in [-0.39, 0.29) is 11.9 Å². The maximum Gasteiger partial charge on any atom is 0.123 e. The summed E-state index contributed by atoms with van der Waals surface area (Å²) in [6.45, 7) is 4.66. The van der Waals surface area contributed by atoms with Crippen LogP contribution < -0.4 is 5.73 Å². The Kier molecular flexibility index (Phi) is 4.55. The second kappa shape index (κ2) is 5.99. The molecule has 1 heterocycles. The fourth-order valence-electron chi connectivity index (χ4n) is 2.46. The van der Waals surface area contributed by atoms with Crippen LogP contribution in [0.2, 0.25) is 0 Å². The molecular weight excluding hydrogens is 243 g/mol. The van der Waals surface area contributed by atoms with Gasteiger partial charge in [0.15, 0.2) is 0 Å².